The minimum absolute atomic E-state index is 0.0251. The lowest BCUT2D eigenvalue weighted by atomic mass is 9.81. The molecular formula is C27H27ClF4N4O7S. The van der Waals surface area contributed by atoms with E-state index in [-0.39, 0.29) is 49.7 Å². The number of amides is 2. The Morgan fingerprint density at radius 1 is 1.18 bits per heavy atom. The van der Waals surface area contributed by atoms with Crippen molar-refractivity contribution in [2.75, 3.05) is 35.9 Å². The summed E-state index contributed by atoms with van der Waals surface area (Å²) in [7, 11) is -4.49. The van der Waals surface area contributed by atoms with Gasteiger partial charge in [0.2, 0.25) is 11.5 Å². The fourth-order valence-electron chi connectivity index (χ4n) is 4.41. The number of hydrogen-bond acceptors (Lipinski definition) is 8. The van der Waals surface area contributed by atoms with Gasteiger partial charge in [-0.15, -0.1) is 0 Å². The van der Waals surface area contributed by atoms with Crippen molar-refractivity contribution in [1.82, 2.24) is 5.32 Å². The van der Waals surface area contributed by atoms with Crippen LogP contribution < -0.4 is 19.7 Å². The molecule has 0 radical (unpaired) electrons. The fourth-order valence-corrected chi connectivity index (χ4v) is 6.18. The van der Waals surface area contributed by atoms with Crippen LogP contribution in [-0.2, 0) is 24.3 Å². The number of nitrogens with one attached hydrogen (secondary N) is 2. The Balaban J connectivity index is 1.63. The number of carbonyl (C=O) groups excluding carboxylic acids is 2. The summed E-state index contributed by atoms with van der Waals surface area (Å²) in [5, 5.41) is 14.0. The number of hydrogen-bond donors (Lipinski definition) is 2. The van der Waals surface area contributed by atoms with Crippen molar-refractivity contribution in [2.24, 2.45) is 5.41 Å². The minimum Gasteiger partial charge on any atom is -0.484 e. The van der Waals surface area contributed by atoms with E-state index in [2.05, 4.69) is 15.4 Å². The molecule has 0 aliphatic carbocycles. The van der Waals surface area contributed by atoms with Gasteiger partial charge in [0.15, 0.2) is 0 Å². The Morgan fingerprint density at radius 2 is 1.86 bits per heavy atom. The average molecular weight is 663 g/mol. The van der Waals surface area contributed by atoms with E-state index in [0.29, 0.717) is 13.8 Å². The molecule has 1 saturated heterocycles. The van der Waals surface area contributed by atoms with E-state index >= 15 is 0 Å². The standard InChI is InChI=1S/C27H27ClF4N4O7S/c1-25(2,27(30,31)32)43-24(38)35-16-3-6-22-21(11-16)36(44(39,40)18-4-5-20(29)19(28)12-18)14-17(42-22)13-34-23(37)26(15-33)7-9-41-10-8-26/h3-6,11-12,17H,7-10,13-14H2,1-2H3,(H,34,37)(H,35,38)/t17-/m0/s1. The molecule has 2 N–H and O–H groups in total. The van der Waals surface area contributed by atoms with Gasteiger partial charge in [0.05, 0.1) is 34.8 Å². The maximum absolute atomic E-state index is 13.8. The zero-order chi connectivity index (χ0) is 32.5. The monoisotopic (exact) mass is 662 g/mol. The Hall–Kier alpha value is -3.81. The predicted molar refractivity (Wildman–Crippen MR) is 148 cm³/mol. The molecule has 44 heavy (non-hydrogen) atoms. The molecule has 4 rings (SSSR count). The number of nitriles is 1. The van der Waals surface area contributed by atoms with Gasteiger partial charge in [-0.1, -0.05) is 11.6 Å². The summed E-state index contributed by atoms with van der Waals surface area (Å²) in [5.74, 6) is -1.46. The van der Waals surface area contributed by atoms with E-state index in [1.807, 2.05) is 6.07 Å². The summed E-state index contributed by atoms with van der Waals surface area (Å²) in [6, 6.07) is 8.44. The highest BCUT2D eigenvalue weighted by Gasteiger charge is 2.51. The topological polar surface area (TPSA) is 147 Å². The second-order valence-electron chi connectivity index (χ2n) is 10.6. The number of anilines is 2. The summed E-state index contributed by atoms with van der Waals surface area (Å²) in [6.45, 7) is 1.15. The van der Waals surface area contributed by atoms with E-state index in [1.165, 1.54) is 12.1 Å². The highest BCUT2D eigenvalue weighted by Crippen LogP contribution is 2.40. The molecule has 2 aliphatic heterocycles. The van der Waals surface area contributed by atoms with E-state index in [9.17, 15) is 40.8 Å². The number of sulfonamides is 1. The Morgan fingerprint density at radius 3 is 2.48 bits per heavy atom. The van der Waals surface area contributed by atoms with Gasteiger partial charge in [-0.05, 0) is 63.1 Å². The lowest BCUT2D eigenvalue weighted by molar-refractivity contribution is -0.242. The van der Waals surface area contributed by atoms with Gasteiger partial charge < -0.3 is 19.5 Å². The lowest BCUT2D eigenvalue weighted by Gasteiger charge is -2.36. The fraction of sp³-hybridized carbons (Fsp3) is 0.444. The molecule has 0 saturated carbocycles. The second kappa shape index (κ2) is 12.3. The first-order chi connectivity index (χ1) is 20.5. The normalized spacial score (nSPS) is 18.3. The van der Waals surface area contributed by atoms with E-state index in [4.69, 9.17) is 21.1 Å². The number of carbonyl (C=O) groups is 2. The van der Waals surface area contributed by atoms with Crippen LogP contribution in [0.2, 0.25) is 5.02 Å². The molecule has 238 valence electrons. The van der Waals surface area contributed by atoms with Crippen molar-refractivity contribution in [3.8, 4) is 11.8 Å². The Labute approximate surface area is 255 Å². The molecule has 2 aromatic carbocycles. The quantitative estimate of drug-likeness (QED) is 0.404. The smallest absolute Gasteiger partial charge is 0.427 e. The van der Waals surface area contributed by atoms with Crippen molar-refractivity contribution < 1.29 is 49.8 Å². The number of halogens is 5. The van der Waals surface area contributed by atoms with Gasteiger partial charge in [0, 0.05) is 18.9 Å². The zero-order valence-corrected chi connectivity index (χ0v) is 24.9. The molecule has 2 heterocycles. The Kier molecular flexibility index (Phi) is 9.24. The van der Waals surface area contributed by atoms with Crippen LogP contribution in [0.15, 0.2) is 41.3 Å². The summed E-state index contributed by atoms with van der Waals surface area (Å²) < 4.78 is 97.5. The first kappa shape index (κ1) is 33.1. The zero-order valence-electron chi connectivity index (χ0n) is 23.3. The van der Waals surface area contributed by atoms with Gasteiger partial charge >= 0.3 is 12.3 Å². The molecule has 17 heteroatoms. The Bertz CT molecular complexity index is 1590. The van der Waals surface area contributed by atoms with Crippen molar-refractivity contribution in [3.05, 3.63) is 47.2 Å². The number of ether oxygens (including phenoxy) is 3. The second-order valence-corrected chi connectivity index (χ2v) is 12.8. The van der Waals surface area contributed by atoms with Crippen LogP contribution in [0.25, 0.3) is 0 Å². The number of rotatable bonds is 7. The molecule has 1 atom stereocenters. The maximum atomic E-state index is 13.8. The van der Waals surface area contributed by atoms with E-state index in [0.717, 1.165) is 28.6 Å². The van der Waals surface area contributed by atoms with E-state index in [1.54, 1.807) is 0 Å². The third-order valence-electron chi connectivity index (χ3n) is 7.13. The van der Waals surface area contributed by atoms with Gasteiger partial charge in [0.1, 0.15) is 23.1 Å². The molecule has 2 aliphatic rings. The molecule has 0 unspecified atom stereocenters. The molecule has 11 nitrogen and oxygen atoms in total. The molecule has 1 fully saturated rings. The van der Waals surface area contributed by atoms with Crippen LogP contribution in [-0.4, -0.2) is 64.6 Å². The molecule has 2 aromatic rings. The largest absolute Gasteiger partial charge is 0.484 e. The van der Waals surface area contributed by atoms with E-state index < -0.39 is 67.6 Å². The van der Waals surface area contributed by atoms with Gasteiger partial charge in [-0.2, -0.15) is 18.4 Å². The van der Waals surface area contributed by atoms with Crippen LogP contribution in [0.4, 0.5) is 33.7 Å². The van der Waals surface area contributed by atoms with Crippen LogP contribution in [0, 0.1) is 22.6 Å². The number of fused-ring (bicyclic) bond motifs is 1. The summed E-state index contributed by atoms with van der Waals surface area (Å²) in [6.07, 6.45) is -6.95. The molecule has 0 bridgehead atoms. The highest BCUT2D eigenvalue weighted by molar-refractivity contribution is 7.92. The average Bonchev–Trinajstić information content (AvgIpc) is 2.96. The molecule has 2 amide bonds. The maximum Gasteiger partial charge on any atom is 0.427 e. The van der Waals surface area contributed by atoms with Crippen molar-refractivity contribution in [1.29, 1.82) is 5.26 Å². The first-order valence-corrected chi connectivity index (χ1v) is 14.9. The summed E-state index contributed by atoms with van der Waals surface area (Å²) in [5.41, 5.74) is -4.40. The molecule has 0 spiro atoms. The number of nitrogens with zero attached hydrogens (tertiary/aromatic N) is 2. The predicted octanol–water partition coefficient (Wildman–Crippen LogP) is 4.76. The van der Waals surface area contributed by atoms with Crippen LogP contribution in [0.1, 0.15) is 26.7 Å². The summed E-state index contributed by atoms with van der Waals surface area (Å²) in [4.78, 5) is 24.9. The van der Waals surface area contributed by atoms with Crippen LogP contribution >= 0.6 is 11.6 Å². The van der Waals surface area contributed by atoms with Gasteiger partial charge in [-0.3, -0.25) is 14.4 Å². The molecule has 0 aromatic heterocycles. The van der Waals surface area contributed by atoms with Crippen molar-refractivity contribution in [2.45, 2.75) is 49.5 Å². The van der Waals surface area contributed by atoms with Crippen LogP contribution in [0.3, 0.4) is 0 Å². The number of benzene rings is 2. The SMILES string of the molecule is CC(C)(OC(=O)Nc1ccc2c(c1)N(S(=O)(=O)c1ccc(F)c(Cl)c1)C[C@H](CNC(=O)C1(C#N)CCOCC1)O2)C(F)(F)F. The highest BCUT2D eigenvalue weighted by atomic mass is 35.5. The lowest BCUT2D eigenvalue weighted by Crippen LogP contribution is -2.51. The van der Waals surface area contributed by atoms with Gasteiger partial charge in [-0.25, -0.2) is 17.6 Å². The van der Waals surface area contributed by atoms with Crippen molar-refractivity contribution >= 4 is 45.0 Å². The van der Waals surface area contributed by atoms with Crippen LogP contribution in [0.5, 0.6) is 5.75 Å². The van der Waals surface area contributed by atoms with Crippen molar-refractivity contribution in [3.63, 3.8) is 0 Å². The molecular weight excluding hydrogens is 636 g/mol. The van der Waals surface area contributed by atoms with Gasteiger partial charge in [0.25, 0.3) is 10.0 Å². The third-order valence-corrected chi connectivity index (χ3v) is 9.20. The first-order valence-electron chi connectivity index (χ1n) is 13.1. The minimum atomic E-state index is -4.86. The summed E-state index contributed by atoms with van der Waals surface area (Å²) >= 11 is 5.83. The third kappa shape index (κ3) is 6.79. The number of alkyl halides is 3.